The maximum Gasteiger partial charge on any atom is 0.252 e. The number of aromatic nitrogens is 1. The number of nitrogens with zero attached hydrogens (tertiary/aromatic N) is 1. The molecule has 0 bridgehead atoms. The van der Waals surface area contributed by atoms with Gasteiger partial charge >= 0.3 is 0 Å². The highest BCUT2D eigenvalue weighted by molar-refractivity contribution is 6.09. The second-order valence-corrected chi connectivity index (χ2v) is 7.33. The Kier molecular flexibility index (Phi) is 5.32. The molecular formula is C24H24N2O3. The molecule has 5 nitrogen and oxygen atoms in total. The average molecular weight is 388 g/mol. The molecule has 1 aliphatic rings. The summed E-state index contributed by atoms with van der Waals surface area (Å²) >= 11 is 0. The fraction of sp³-hybridized carbons (Fsp3) is 0.250. The molecule has 148 valence electrons. The third kappa shape index (κ3) is 3.74. The van der Waals surface area contributed by atoms with E-state index in [-0.39, 0.29) is 18.6 Å². The molecule has 1 aromatic heterocycles. The zero-order valence-corrected chi connectivity index (χ0v) is 16.6. The maximum absolute atomic E-state index is 13.0. The van der Waals surface area contributed by atoms with Gasteiger partial charge < -0.3 is 15.2 Å². The van der Waals surface area contributed by atoms with Gasteiger partial charge in [0, 0.05) is 11.4 Å². The SMILES string of the molecule is COc1ccc(/C=C2/CCc3c2nc2ccccc2c3C(=O)NC(C)CO)cc1. The summed E-state index contributed by atoms with van der Waals surface area (Å²) < 4.78 is 5.23. The van der Waals surface area contributed by atoms with Gasteiger partial charge in [-0.1, -0.05) is 30.3 Å². The molecule has 1 unspecified atom stereocenters. The van der Waals surface area contributed by atoms with Crippen LogP contribution in [0.2, 0.25) is 0 Å². The monoisotopic (exact) mass is 388 g/mol. The number of rotatable bonds is 5. The second-order valence-electron chi connectivity index (χ2n) is 7.33. The number of pyridine rings is 1. The first-order valence-electron chi connectivity index (χ1n) is 9.79. The van der Waals surface area contributed by atoms with Crippen molar-refractivity contribution in [3.8, 4) is 5.75 Å². The van der Waals surface area contributed by atoms with E-state index >= 15 is 0 Å². The van der Waals surface area contributed by atoms with E-state index in [1.807, 2.05) is 48.5 Å². The first-order chi connectivity index (χ1) is 14.1. The lowest BCUT2D eigenvalue weighted by molar-refractivity contribution is 0.0923. The van der Waals surface area contributed by atoms with Crippen LogP contribution in [0, 0.1) is 0 Å². The van der Waals surface area contributed by atoms with Crippen LogP contribution in [-0.4, -0.2) is 35.8 Å². The Labute approximate surface area is 170 Å². The Morgan fingerprint density at radius 3 is 2.69 bits per heavy atom. The van der Waals surface area contributed by atoms with Crippen LogP contribution in [0.15, 0.2) is 48.5 Å². The number of carbonyl (C=O) groups excluding carboxylic acids is 1. The molecule has 3 aromatic rings. The number of amides is 1. The highest BCUT2D eigenvalue weighted by Crippen LogP contribution is 2.37. The van der Waals surface area contributed by atoms with E-state index in [0.29, 0.717) is 5.56 Å². The number of aliphatic hydroxyl groups is 1. The van der Waals surface area contributed by atoms with Crippen LogP contribution in [0.5, 0.6) is 5.75 Å². The summed E-state index contributed by atoms with van der Waals surface area (Å²) in [5.41, 5.74) is 5.54. The number of fused-ring (bicyclic) bond motifs is 2. The standard InChI is InChI=1S/C24H24N2O3/c1-15(14-27)25-24(28)22-19-5-3-4-6-21(19)26-23-17(9-12-20(22)23)13-16-7-10-18(29-2)11-8-16/h3-8,10-11,13,15,27H,9,12,14H2,1-2H3,(H,25,28)/b17-13-. The van der Waals surface area contributed by atoms with E-state index < -0.39 is 0 Å². The first kappa shape index (κ1) is 19.2. The molecule has 1 amide bonds. The molecule has 29 heavy (non-hydrogen) atoms. The molecule has 4 rings (SSSR count). The molecule has 1 atom stereocenters. The lowest BCUT2D eigenvalue weighted by atomic mass is 9.99. The van der Waals surface area contributed by atoms with Crippen molar-refractivity contribution < 1.29 is 14.6 Å². The fourth-order valence-corrected chi connectivity index (χ4v) is 3.78. The number of nitrogens with one attached hydrogen (secondary N) is 1. The third-order valence-corrected chi connectivity index (χ3v) is 5.28. The van der Waals surface area contributed by atoms with E-state index in [4.69, 9.17) is 9.72 Å². The van der Waals surface area contributed by atoms with Crippen molar-refractivity contribution in [2.75, 3.05) is 13.7 Å². The quantitative estimate of drug-likeness (QED) is 0.697. The van der Waals surface area contributed by atoms with Crippen LogP contribution in [-0.2, 0) is 6.42 Å². The van der Waals surface area contributed by atoms with Gasteiger partial charge in [0.1, 0.15) is 5.75 Å². The summed E-state index contributed by atoms with van der Waals surface area (Å²) in [7, 11) is 1.65. The molecule has 1 aliphatic carbocycles. The number of hydrogen-bond acceptors (Lipinski definition) is 4. The van der Waals surface area contributed by atoms with Gasteiger partial charge in [-0.05, 0) is 60.7 Å². The summed E-state index contributed by atoms with van der Waals surface area (Å²) in [6.07, 6.45) is 3.73. The largest absolute Gasteiger partial charge is 0.497 e. The van der Waals surface area contributed by atoms with Gasteiger partial charge in [0.25, 0.3) is 5.91 Å². The third-order valence-electron chi connectivity index (χ3n) is 5.28. The van der Waals surface area contributed by atoms with Gasteiger partial charge in [0.15, 0.2) is 0 Å². The molecule has 0 aliphatic heterocycles. The number of carbonyl (C=O) groups is 1. The number of allylic oxidation sites excluding steroid dienone is 1. The summed E-state index contributed by atoms with van der Waals surface area (Å²) in [6.45, 7) is 1.69. The Morgan fingerprint density at radius 2 is 1.97 bits per heavy atom. The highest BCUT2D eigenvalue weighted by atomic mass is 16.5. The van der Waals surface area contributed by atoms with Crippen LogP contribution in [0.4, 0.5) is 0 Å². The topological polar surface area (TPSA) is 71.5 Å². The van der Waals surface area contributed by atoms with Crippen molar-refractivity contribution in [1.82, 2.24) is 10.3 Å². The number of ether oxygens (including phenoxy) is 1. The lowest BCUT2D eigenvalue weighted by Gasteiger charge is -2.15. The van der Waals surface area contributed by atoms with E-state index in [1.165, 1.54) is 0 Å². The first-order valence-corrected chi connectivity index (χ1v) is 9.79. The van der Waals surface area contributed by atoms with Crippen molar-refractivity contribution in [3.05, 3.63) is 70.9 Å². The summed E-state index contributed by atoms with van der Waals surface area (Å²) in [4.78, 5) is 17.9. The minimum atomic E-state index is -0.305. The molecule has 2 aromatic carbocycles. The van der Waals surface area contributed by atoms with E-state index in [2.05, 4.69) is 11.4 Å². The fourth-order valence-electron chi connectivity index (χ4n) is 3.78. The Bertz CT molecular complexity index is 1090. The van der Waals surface area contributed by atoms with Crippen LogP contribution in [0.3, 0.4) is 0 Å². The zero-order valence-electron chi connectivity index (χ0n) is 16.6. The normalized spacial score (nSPS) is 15.3. The van der Waals surface area contributed by atoms with E-state index in [9.17, 15) is 9.90 Å². The Hall–Kier alpha value is -3.18. The van der Waals surface area contributed by atoms with Crippen LogP contribution in [0.25, 0.3) is 22.6 Å². The minimum Gasteiger partial charge on any atom is -0.497 e. The second kappa shape index (κ2) is 8.05. The van der Waals surface area contributed by atoms with Crippen LogP contribution in [0.1, 0.15) is 40.5 Å². The van der Waals surface area contributed by atoms with Gasteiger partial charge in [0.05, 0.1) is 30.5 Å². The van der Waals surface area contributed by atoms with Crippen molar-refractivity contribution in [1.29, 1.82) is 0 Å². The lowest BCUT2D eigenvalue weighted by Crippen LogP contribution is -2.35. The molecule has 0 saturated carbocycles. The predicted octanol–water partition coefficient (Wildman–Crippen LogP) is 3.84. The van der Waals surface area contributed by atoms with Gasteiger partial charge in [-0.3, -0.25) is 4.79 Å². The van der Waals surface area contributed by atoms with Crippen LogP contribution >= 0.6 is 0 Å². The summed E-state index contributed by atoms with van der Waals surface area (Å²) in [5.74, 6) is 0.659. The van der Waals surface area contributed by atoms with E-state index in [0.717, 1.165) is 51.9 Å². The maximum atomic E-state index is 13.0. The van der Waals surface area contributed by atoms with Gasteiger partial charge in [-0.15, -0.1) is 0 Å². The highest BCUT2D eigenvalue weighted by Gasteiger charge is 2.27. The zero-order chi connectivity index (χ0) is 20.4. The van der Waals surface area contributed by atoms with Crippen molar-refractivity contribution in [2.45, 2.75) is 25.8 Å². The Morgan fingerprint density at radius 1 is 1.21 bits per heavy atom. The predicted molar refractivity (Wildman–Crippen MR) is 115 cm³/mol. The molecule has 0 fully saturated rings. The number of para-hydroxylation sites is 1. The molecule has 2 N–H and O–H groups in total. The molecule has 1 heterocycles. The number of benzene rings is 2. The summed E-state index contributed by atoms with van der Waals surface area (Å²) in [6, 6.07) is 15.3. The number of methoxy groups -OCH3 is 1. The average Bonchev–Trinajstić information content (AvgIpc) is 3.14. The van der Waals surface area contributed by atoms with Gasteiger partial charge in [-0.2, -0.15) is 0 Å². The van der Waals surface area contributed by atoms with Crippen molar-refractivity contribution in [2.24, 2.45) is 0 Å². The number of hydrogen-bond donors (Lipinski definition) is 2. The molecule has 5 heteroatoms. The molecule has 0 radical (unpaired) electrons. The van der Waals surface area contributed by atoms with Gasteiger partial charge in [-0.25, -0.2) is 4.98 Å². The van der Waals surface area contributed by atoms with E-state index in [1.54, 1.807) is 14.0 Å². The number of aliphatic hydroxyl groups excluding tert-OH is 1. The van der Waals surface area contributed by atoms with Crippen LogP contribution < -0.4 is 10.1 Å². The Balaban J connectivity index is 1.81. The molecular weight excluding hydrogens is 364 g/mol. The van der Waals surface area contributed by atoms with Crippen molar-refractivity contribution >= 4 is 28.5 Å². The molecule has 0 saturated heterocycles. The molecule has 0 spiro atoms. The summed E-state index contributed by atoms with van der Waals surface area (Å²) in [5, 5.41) is 13.1. The van der Waals surface area contributed by atoms with Gasteiger partial charge in [0.2, 0.25) is 0 Å². The smallest absolute Gasteiger partial charge is 0.252 e. The minimum absolute atomic E-state index is 0.0976. The van der Waals surface area contributed by atoms with Crippen molar-refractivity contribution in [3.63, 3.8) is 0 Å².